The van der Waals surface area contributed by atoms with Gasteiger partial charge in [-0.15, -0.1) is 23.2 Å². The van der Waals surface area contributed by atoms with Crippen LogP contribution in [0.15, 0.2) is 53.4 Å². The first-order valence-electron chi connectivity index (χ1n) is 8.08. The second kappa shape index (κ2) is 8.66. The van der Waals surface area contributed by atoms with Crippen molar-refractivity contribution in [3.05, 3.63) is 54.1 Å². The number of nitrogens with zero attached hydrogens (tertiary/aromatic N) is 1. The number of hydrogen-bond donors (Lipinski definition) is 3. The summed E-state index contributed by atoms with van der Waals surface area (Å²) in [5.74, 6) is 0. The molecule has 0 aromatic heterocycles. The van der Waals surface area contributed by atoms with Gasteiger partial charge in [0.2, 0.25) is 0 Å². The lowest BCUT2D eigenvalue weighted by molar-refractivity contribution is 0.477. The molecule has 25 heavy (non-hydrogen) atoms. The van der Waals surface area contributed by atoms with E-state index in [9.17, 15) is 9.11 Å². The van der Waals surface area contributed by atoms with Crippen LogP contribution in [0.2, 0.25) is 0 Å². The molecule has 1 unspecified atom stereocenters. The largest absolute Gasteiger partial charge is 0.320 e. The molecule has 0 saturated carbocycles. The smallest absolute Gasteiger partial charge is 0.119 e. The van der Waals surface area contributed by atoms with Crippen LogP contribution >= 0.6 is 34.9 Å². The minimum Gasteiger partial charge on any atom is -0.320 e. The molecule has 0 radical (unpaired) electrons. The van der Waals surface area contributed by atoms with E-state index in [2.05, 4.69) is 11.4 Å². The predicted molar refractivity (Wildman–Crippen MR) is 113 cm³/mol. The minimum absolute atomic E-state index is 0. The number of aryl methyl sites for hydroxylation is 1. The zero-order valence-electron chi connectivity index (χ0n) is 14.4. The molecule has 1 atom stereocenters. The van der Waals surface area contributed by atoms with Gasteiger partial charge in [-0.2, -0.15) is 0 Å². The average molecular weight is 401 g/mol. The van der Waals surface area contributed by atoms with Gasteiger partial charge >= 0.3 is 0 Å². The maximum atomic E-state index is 11.1. The summed E-state index contributed by atoms with van der Waals surface area (Å²) in [6.07, 6.45) is 1.67. The lowest BCUT2D eigenvalue weighted by Crippen LogP contribution is -2.33. The Morgan fingerprint density at radius 2 is 1.92 bits per heavy atom. The molecule has 4 nitrogen and oxygen atoms in total. The Balaban J connectivity index is 0.00000225. The Labute approximate surface area is 161 Å². The van der Waals surface area contributed by atoms with Crippen molar-refractivity contribution in [3.8, 4) is 0 Å². The normalized spacial score (nSPS) is 19.7. The molecule has 3 N–H and O–H groups in total. The van der Waals surface area contributed by atoms with Crippen LogP contribution in [0, 0.1) is 6.92 Å². The molecule has 138 valence electrons. The molecule has 0 spiro atoms. The van der Waals surface area contributed by atoms with E-state index in [4.69, 9.17) is 0 Å². The van der Waals surface area contributed by atoms with Crippen molar-refractivity contribution < 1.29 is 9.11 Å². The molecule has 0 amide bonds. The number of fused-ring (bicyclic) bond motifs is 1. The molecule has 3 rings (SSSR count). The van der Waals surface area contributed by atoms with Gasteiger partial charge in [-0.05, 0) is 63.2 Å². The van der Waals surface area contributed by atoms with Gasteiger partial charge in [0.25, 0.3) is 0 Å². The highest BCUT2D eigenvalue weighted by atomic mass is 35.5. The molecule has 7 heteroatoms. The molecule has 1 aliphatic rings. The zero-order valence-corrected chi connectivity index (χ0v) is 16.8. The van der Waals surface area contributed by atoms with Gasteiger partial charge in [0.15, 0.2) is 0 Å². The fourth-order valence-electron chi connectivity index (χ4n) is 2.90. The van der Waals surface area contributed by atoms with Gasteiger partial charge in [-0.3, -0.25) is 9.11 Å². The van der Waals surface area contributed by atoms with Crippen LogP contribution < -0.4 is 9.62 Å². The fourth-order valence-corrected chi connectivity index (χ4v) is 6.64. The Kier molecular flexibility index (Phi) is 7.08. The van der Waals surface area contributed by atoms with Crippen LogP contribution in [0.5, 0.6) is 0 Å². The SMILES string of the molecule is CNCCCC1Sc2ccccc2N(c2cccc(C)c2)S1(O)O.Cl. The van der Waals surface area contributed by atoms with Gasteiger partial charge in [-0.25, -0.2) is 4.31 Å². The maximum Gasteiger partial charge on any atom is 0.119 e. The summed E-state index contributed by atoms with van der Waals surface area (Å²) in [6, 6.07) is 15.9. The van der Waals surface area contributed by atoms with Crippen molar-refractivity contribution in [2.45, 2.75) is 29.2 Å². The first kappa shape index (κ1) is 20.4. The third-order valence-corrected chi connectivity index (χ3v) is 8.11. The Morgan fingerprint density at radius 1 is 1.16 bits per heavy atom. The topological polar surface area (TPSA) is 55.7 Å². The summed E-state index contributed by atoms with van der Waals surface area (Å²) >= 11 is 1.58. The third-order valence-electron chi connectivity index (χ3n) is 4.07. The Bertz CT molecular complexity index is 715. The summed E-state index contributed by atoms with van der Waals surface area (Å²) < 4.78 is 23.7. The second-order valence-electron chi connectivity index (χ2n) is 5.96. The number of thioether (sulfide) groups is 1. The van der Waals surface area contributed by atoms with Crippen LogP contribution in [0.25, 0.3) is 0 Å². The predicted octanol–water partition coefficient (Wildman–Crippen LogP) is 5.65. The van der Waals surface area contributed by atoms with E-state index in [0.29, 0.717) is 0 Å². The van der Waals surface area contributed by atoms with E-state index in [1.807, 2.05) is 56.4 Å². The molecule has 0 aliphatic carbocycles. The van der Waals surface area contributed by atoms with E-state index in [1.54, 1.807) is 16.1 Å². The van der Waals surface area contributed by atoms with E-state index < -0.39 is 10.8 Å². The van der Waals surface area contributed by atoms with Crippen LogP contribution in [-0.2, 0) is 0 Å². The number of anilines is 2. The van der Waals surface area contributed by atoms with E-state index >= 15 is 0 Å². The highest BCUT2D eigenvalue weighted by Crippen LogP contribution is 2.65. The summed E-state index contributed by atoms with van der Waals surface area (Å²) in [5.41, 5.74) is 2.81. The molecule has 1 aliphatic heterocycles. The van der Waals surface area contributed by atoms with Crippen molar-refractivity contribution >= 4 is 46.3 Å². The lowest BCUT2D eigenvalue weighted by Gasteiger charge is -2.52. The van der Waals surface area contributed by atoms with Crippen LogP contribution in [0.4, 0.5) is 11.4 Å². The molecule has 2 aromatic carbocycles. The minimum atomic E-state index is -2.96. The van der Waals surface area contributed by atoms with Gasteiger partial charge in [0, 0.05) is 4.90 Å². The second-order valence-corrected chi connectivity index (χ2v) is 9.55. The summed E-state index contributed by atoms with van der Waals surface area (Å²) in [6.45, 7) is 2.89. The van der Waals surface area contributed by atoms with Crippen molar-refractivity contribution in [2.24, 2.45) is 0 Å². The van der Waals surface area contributed by atoms with Gasteiger partial charge < -0.3 is 5.32 Å². The molecule has 0 saturated heterocycles. The number of rotatable bonds is 5. The monoisotopic (exact) mass is 400 g/mol. The van der Waals surface area contributed by atoms with Crippen molar-refractivity contribution in [3.63, 3.8) is 0 Å². The van der Waals surface area contributed by atoms with E-state index in [1.165, 1.54) is 0 Å². The first-order valence-corrected chi connectivity index (χ1v) is 10.5. The zero-order chi connectivity index (χ0) is 17.2. The highest BCUT2D eigenvalue weighted by Gasteiger charge is 2.39. The number of halogens is 1. The molecule has 0 fully saturated rings. The van der Waals surface area contributed by atoms with Crippen molar-refractivity contribution in [1.82, 2.24) is 5.32 Å². The highest BCUT2D eigenvalue weighted by molar-refractivity contribution is 8.34. The Hall–Kier alpha value is -0.890. The number of para-hydroxylation sites is 1. The number of benzene rings is 2. The molecule has 0 bridgehead atoms. The third kappa shape index (κ3) is 4.27. The lowest BCUT2D eigenvalue weighted by atomic mass is 10.2. The van der Waals surface area contributed by atoms with Crippen molar-refractivity contribution in [2.75, 3.05) is 17.9 Å². The van der Waals surface area contributed by atoms with Gasteiger partial charge in [-0.1, -0.05) is 36.0 Å². The summed E-state index contributed by atoms with van der Waals surface area (Å²) in [4.78, 5) is 1.10. The van der Waals surface area contributed by atoms with Crippen molar-refractivity contribution in [1.29, 1.82) is 0 Å². The first-order chi connectivity index (χ1) is 11.5. The molecular weight excluding hydrogens is 376 g/mol. The fraction of sp³-hybridized carbons (Fsp3) is 0.333. The van der Waals surface area contributed by atoms with Gasteiger partial charge in [0.1, 0.15) is 4.58 Å². The Morgan fingerprint density at radius 3 is 2.64 bits per heavy atom. The number of hydrogen-bond acceptors (Lipinski definition) is 5. The van der Waals surface area contributed by atoms with Crippen LogP contribution in [0.1, 0.15) is 18.4 Å². The maximum absolute atomic E-state index is 11.1. The van der Waals surface area contributed by atoms with Crippen LogP contribution in [0.3, 0.4) is 0 Å². The quantitative estimate of drug-likeness (QED) is 0.566. The average Bonchev–Trinajstić information content (AvgIpc) is 2.55. The van der Waals surface area contributed by atoms with Crippen LogP contribution in [-0.4, -0.2) is 27.3 Å². The molecular formula is C18H25ClN2O2S2. The summed E-state index contributed by atoms with van der Waals surface area (Å²) in [7, 11) is -1.04. The summed E-state index contributed by atoms with van der Waals surface area (Å²) in [5, 5.41) is 3.13. The van der Waals surface area contributed by atoms with E-state index in [0.717, 1.165) is 41.2 Å². The van der Waals surface area contributed by atoms with E-state index in [-0.39, 0.29) is 17.0 Å². The standard InChI is InChI=1S/C18H24N2O2S2.ClH/c1-14-7-5-8-15(13-14)20-16-9-3-4-10-17(16)23-18(24(20,21)22)11-6-12-19-2;/h3-5,7-10,13,18-19,21-22H,6,11-12H2,1-2H3;1H. The van der Waals surface area contributed by atoms with Gasteiger partial charge in [0.05, 0.1) is 11.4 Å². The molecule has 1 heterocycles. The molecule has 2 aromatic rings. The number of nitrogens with one attached hydrogen (secondary N) is 1.